The minimum atomic E-state index is 1.08. The first-order valence-corrected chi connectivity index (χ1v) is 7.20. The lowest BCUT2D eigenvalue weighted by molar-refractivity contribution is 0.637. The van der Waals surface area contributed by atoms with Crippen LogP contribution in [0.4, 0.5) is 0 Å². The normalized spacial score (nSPS) is 11.5. The Morgan fingerprint density at radius 1 is 0.765 bits per heavy atom. The molecule has 0 bridgehead atoms. The Morgan fingerprint density at radius 3 is 2.12 bits per heavy atom. The van der Waals surface area contributed by atoms with Crippen LogP contribution in [0.2, 0.25) is 0 Å². The zero-order valence-electron chi connectivity index (χ0n) is 12.0. The molecule has 0 spiro atoms. The fraction of sp³-hybridized carbons (Fsp3) is 0.647. The van der Waals surface area contributed by atoms with E-state index in [1.807, 2.05) is 0 Å². The van der Waals surface area contributed by atoms with E-state index in [0.717, 1.165) is 12.8 Å². The van der Waals surface area contributed by atoms with Gasteiger partial charge < -0.3 is 0 Å². The summed E-state index contributed by atoms with van der Waals surface area (Å²) >= 11 is 0. The van der Waals surface area contributed by atoms with Crippen LogP contribution in [0.25, 0.3) is 0 Å². The van der Waals surface area contributed by atoms with Crippen LogP contribution < -0.4 is 0 Å². The van der Waals surface area contributed by atoms with E-state index < -0.39 is 0 Å². The van der Waals surface area contributed by atoms with Crippen molar-refractivity contribution in [2.24, 2.45) is 0 Å². The smallest absolute Gasteiger partial charge is 0.0167 e. The highest BCUT2D eigenvalue weighted by Gasteiger charge is 1.85. The van der Waals surface area contributed by atoms with Crippen LogP contribution in [0.3, 0.4) is 0 Å². The van der Waals surface area contributed by atoms with Crippen molar-refractivity contribution in [3.63, 3.8) is 0 Å². The van der Waals surface area contributed by atoms with E-state index in [1.165, 1.54) is 44.1 Å². The van der Waals surface area contributed by atoms with Crippen molar-refractivity contribution in [3.05, 3.63) is 36.0 Å². The Hall–Kier alpha value is -0.780. The van der Waals surface area contributed by atoms with Crippen molar-refractivity contribution in [3.8, 4) is 0 Å². The molecular weight excluding hydrogens is 204 g/mol. The molecule has 98 valence electrons. The van der Waals surface area contributed by atoms with Crippen LogP contribution in [0, 0.1) is 0 Å². The molecule has 0 aliphatic heterocycles. The van der Waals surface area contributed by atoms with Crippen LogP contribution in [-0.2, 0) is 0 Å². The predicted molar refractivity (Wildman–Crippen MR) is 80.3 cm³/mol. The van der Waals surface area contributed by atoms with Crippen molar-refractivity contribution in [2.75, 3.05) is 0 Å². The lowest BCUT2D eigenvalue weighted by Gasteiger charge is -1.95. The molecule has 0 radical (unpaired) electrons. The molecule has 0 fully saturated rings. The van der Waals surface area contributed by atoms with Crippen molar-refractivity contribution >= 4 is 0 Å². The van der Waals surface area contributed by atoms with E-state index in [1.54, 1.807) is 0 Å². The van der Waals surface area contributed by atoms with Gasteiger partial charge in [0.2, 0.25) is 0 Å². The fourth-order valence-corrected chi connectivity index (χ4v) is 1.65. The van der Waals surface area contributed by atoms with E-state index in [9.17, 15) is 0 Å². The molecule has 0 nitrogen and oxygen atoms in total. The van der Waals surface area contributed by atoms with Crippen LogP contribution in [-0.4, -0.2) is 0 Å². The van der Waals surface area contributed by atoms with Gasteiger partial charge in [-0.15, -0.1) is 0 Å². The number of allylic oxidation sites excluding steroid dienone is 6. The topological polar surface area (TPSA) is 0 Å². The molecule has 0 saturated heterocycles. The predicted octanol–water partition coefficient (Wildman–Crippen LogP) is 6.21. The molecule has 0 aliphatic carbocycles. The van der Waals surface area contributed by atoms with E-state index in [4.69, 9.17) is 0 Å². The standard InChI is InChI=1S/C17H30/c1-4-5-6-7-8-9-10-11-12-13-14-15-16-17(2)3/h10-11,13-14,16H,4-9,12,15H2,1-3H3. The third kappa shape index (κ3) is 15.2. The second-order valence-electron chi connectivity index (χ2n) is 4.90. The van der Waals surface area contributed by atoms with Gasteiger partial charge in [0.15, 0.2) is 0 Å². The molecule has 0 atom stereocenters. The Kier molecular flexibility index (Phi) is 12.7. The van der Waals surface area contributed by atoms with Gasteiger partial charge in [0.25, 0.3) is 0 Å². The average Bonchev–Trinajstić information content (AvgIpc) is 2.30. The Morgan fingerprint density at radius 2 is 1.41 bits per heavy atom. The van der Waals surface area contributed by atoms with Crippen LogP contribution in [0.15, 0.2) is 36.0 Å². The highest BCUT2D eigenvalue weighted by molar-refractivity contribution is 5.00. The summed E-state index contributed by atoms with van der Waals surface area (Å²) in [4.78, 5) is 0. The molecule has 0 amide bonds. The zero-order chi connectivity index (χ0) is 12.8. The summed E-state index contributed by atoms with van der Waals surface area (Å²) < 4.78 is 0. The van der Waals surface area contributed by atoms with Crippen molar-refractivity contribution < 1.29 is 0 Å². The van der Waals surface area contributed by atoms with Gasteiger partial charge in [0, 0.05) is 0 Å². The third-order valence-electron chi connectivity index (χ3n) is 2.74. The molecule has 0 aromatic heterocycles. The van der Waals surface area contributed by atoms with E-state index in [2.05, 4.69) is 51.2 Å². The van der Waals surface area contributed by atoms with Gasteiger partial charge in [-0.05, 0) is 39.5 Å². The molecule has 0 aliphatic rings. The molecule has 0 aromatic carbocycles. The maximum absolute atomic E-state index is 2.33. The van der Waals surface area contributed by atoms with Crippen molar-refractivity contribution in [2.45, 2.75) is 72.1 Å². The maximum Gasteiger partial charge on any atom is -0.0167 e. The second-order valence-corrected chi connectivity index (χ2v) is 4.90. The average molecular weight is 234 g/mol. The summed E-state index contributed by atoms with van der Waals surface area (Å²) in [5, 5.41) is 0. The summed E-state index contributed by atoms with van der Waals surface area (Å²) in [6.07, 6.45) is 21.7. The second kappa shape index (κ2) is 13.3. The van der Waals surface area contributed by atoms with Gasteiger partial charge in [-0.25, -0.2) is 0 Å². The minimum Gasteiger partial charge on any atom is -0.0882 e. The van der Waals surface area contributed by atoms with Gasteiger partial charge in [-0.1, -0.05) is 68.6 Å². The van der Waals surface area contributed by atoms with Gasteiger partial charge in [-0.2, -0.15) is 0 Å². The Labute approximate surface area is 109 Å². The molecule has 0 aromatic rings. The van der Waals surface area contributed by atoms with Crippen molar-refractivity contribution in [1.82, 2.24) is 0 Å². The minimum absolute atomic E-state index is 1.08. The molecule has 0 heteroatoms. The SMILES string of the molecule is CCCCCCCC=CCC=CCC=C(C)C. The van der Waals surface area contributed by atoms with E-state index >= 15 is 0 Å². The highest BCUT2D eigenvalue weighted by Crippen LogP contribution is 2.05. The van der Waals surface area contributed by atoms with Crippen molar-refractivity contribution in [1.29, 1.82) is 0 Å². The molecule has 0 heterocycles. The third-order valence-corrected chi connectivity index (χ3v) is 2.74. The van der Waals surface area contributed by atoms with Gasteiger partial charge in [-0.3, -0.25) is 0 Å². The Balaban J connectivity index is 3.27. The lowest BCUT2D eigenvalue weighted by atomic mass is 10.1. The molecular formula is C17H30. The first-order chi connectivity index (χ1) is 8.27. The molecule has 0 unspecified atom stereocenters. The van der Waals surface area contributed by atoms with E-state index in [-0.39, 0.29) is 0 Å². The summed E-state index contributed by atoms with van der Waals surface area (Å²) in [7, 11) is 0. The van der Waals surface area contributed by atoms with Gasteiger partial charge in [0.05, 0.1) is 0 Å². The summed E-state index contributed by atoms with van der Waals surface area (Å²) in [5.41, 5.74) is 1.40. The Bertz CT molecular complexity index is 226. The monoisotopic (exact) mass is 234 g/mol. The number of unbranched alkanes of at least 4 members (excludes halogenated alkanes) is 5. The van der Waals surface area contributed by atoms with Gasteiger partial charge >= 0.3 is 0 Å². The number of rotatable bonds is 10. The number of hydrogen-bond acceptors (Lipinski definition) is 0. The molecule has 0 saturated carbocycles. The molecule has 0 rings (SSSR count). The summed E-state index contributed by atoms with van der Waals surface area (Å²) in [6, 6.07) is 0. The van der Waals surface area contributed by atoms with Crippen LogP contribution >= 0.6 is 0 Å². The first kappa shape index (κ1) is 16.2. The van der Waals surface area contributed by atoms with Crippen LogP contribution in [0.5, 0.6) is 0 Å². The molecule has 17 heavy (non-hydrogen) atoms. The lowest BCUT2D eigenvalue weighted by Crippen LogP contribution is -1.75. The number of hydrogen-bond donors (Lipinski definition) is 0. The van der Waals surface area contributed by atoms with Gasteiger partial charge in [0.1, 0.15) is 0 Å². The fourth-order valence-electron chi connectivity index (χ4n) is 1.65. The highest BCUT2D eigenvalue weighted by atomic mass is 13.9. The maximum atomic E-state index is 2.33. The van der Waals surface area contributed by atoms with E-state index in [0.29, 0.717) is 0 Å². The zero-order valence-corrected chi connectivity index (χ0v) is 12.0. The summed E-state index contributed by atoms with van der Waals surface area (Å²) in [5.74, 6) is 0. The van der Waals surface area contributed by atoms with Crippen LogP contribution in [0.1, 0.15) is 72.1 Å². The largest absolute Gasteiger partial charge is 0.0882 e. The first-order valence-electron chi connectivity index (χ1n) is 7.20. The summed E-state index contributed by atoms with van der Waals surface area (Å²) in [6.45, 7) is 6.56. The quantitative estimate of drug-likeness (QED) is 0.311. The molecule has 0 N–H and O–H groups in total.